The van der Waals surface area contributed by atoms with Gasteiger partial charge in [-0.2, -0.15) is 0 Å². The number of hydrogen-bond donors (Lipinski definition) is 1. The van der Waals surface area contributed by atoms with Crippen LogP contribution in [0.15, 0.2) is 53.8 Å². The minimum Gasteiger partial charge on any atom is -0.503 e. The van der Waals surface area contributed by atoms with Crippen LogP contribution >= 0.6 is 11.3 Å². The zero-order valence-electron chi connectivity index (χ0n) is 18.4. The van der Waals surface area contributed by atoms with Crippen LogP contribution in [0.4, 0.5) is 5.13 Å². The predicted molar refractivity (Wildman–Crippen MR) is 125 cm³/mol. The van der Waals surface area contributed by atoms with Crippen LogP contribution in [0.25, 0.3) is 10.2 Å². The molecule has 6 heteroatoms. The van der Waals surface area contributed by atoms with Crippen molar-refractivity contribution in [1.29, 1.82) is 0 Å². The molecular weight excluding hydrogens is 408 g/mol. The number of Topliss-reactive ketones (excluding diaryl/α,β-unsaturated/α-hetero) is 1. The van der Waals surface area contributed by atoms with Crippen LogP contribution in [0.2, 0.25) is 0 Å². The van der Waals surface area contributed by atoms with Gasteiger partial charge in [0.15, 0.2) is 16.7 Å². The third-order valence-electron chi connectivity index (χ3n) is 5.55. The summed E-state index contributed by atoms with van der Waals surface area (Å²) < 4.78 is 0.972. The molecule has 2 heterocycles. The zero-order valence-corrected chi connectivity index (χ0v) is 19.2. The number of amides is 1. The van der Waals surface area contributed by atoms with E-state index in [4.69, 9.17) is 0 Å². The van der Waals surface area contributed by atoms with Crippen LogP contribution in [0.1, 0.15) is 50.4 Å². The Hall–Kier alpha value is -2.99. The van der Waals surface area contributed by atoms with Crippen molar-refractivity contribution < 1.29 is 14.7 Å². The van der Waals surface area contributed by atoms with Crippen molar-refractivity contribution in [2.45, 2.75) is 47.1 Å². The fraction of sp³-hybridized carbons (Fsp3) is 0.320. The first kappa shape index (κ1) is 21.2. The second kappa shape index (κ2) is 7.61. The Balaban J connectivity index is 1.91. The number of aliphatic hydroxyl groups excluding tert-OH is 1. The number of hydrogen-bond acceptors (Lipinski definition) is 5. The molecule has 160 valence electrons. The third kappa shape index (κ3) is 3.65. The number of carbonyl (C=O) groups excluding carboxylic acids is 2. The lowest BCUT2D eigenvalue weighted by Gasteiger charge is -2.27. The zero-order chi connectivity index (χ0) is 22.5. The Morgan fingerprint density at radius 2 is 1.94 bits per heavy atom. The summed E-state index contributed by atoms with van der Waals surface area (Å²) in [5.74, 6) is -1.32. The topological polar surface area (TPSA) is 70.5 Å². The van der Waals surface area contributed by atoms with Gasteiger partial charge < -0.3 is 5.11 Å². The molecule has 0 fully saturated rings. The fourth-order valence-corrected chi connectivity index (χ4v) is 4.93. The molecule has 1 aliphatic rings. The molecule has 3 aromatic rings. The average Bonchev–Trinajstić information content (AvgIpc) is 3.24. The van der Waals surface area contributed by atoms with Gasteiger partial charge in [0.25, 0.3) is 5.91 Å². The molecule has 0 bridgehead atoms. The van der Waals surface area contributed by atoms with Crippen LogP contribution in [0, 0.1) is 12.3 Å². The van der Waals surface area contributed by atoms with Gasteiger partial charge in [0.05, 0.1) is 21.8 Å². The van der Waals surface area contributed by atoms with Gasteiger partial charge in [0.2, 0.25) is 0 Å². The van der Waals surface area contributed by atoms with E-state index in [-0.39, 0.29) is 11.4 Å². The third-order valence-corrected chi connectivity index (χ3v) is 6.57. The lowest BCUT2D eigenvalue weighted by Crippen LogP contribution is -2.32. The van der Waals surface area contributed by atoms with Gasteiger partial charge in [-0.15, -0.1) is 0 Å². The van der Waals surface area contributed by atoms with Gasteiger partial charge in [-0.3, -0.25) is 14.5 Å². The highest BCUT2D eigenvalue weighted by atomic mass is 32.1. The standard InChI is InChI=1S/C25H26N2O3S/c1-6-15-10-11-17-18(13-15)31-24(26-17)27-20(16-9-7-8-14(2)12-16)19(21(28)23(27)30)22(29)25(3,4)5/h7-13,20,28H,6H2,1-5H3. The van der Waals surface area contributed by atoms with Crippen LogP contribution in [-0.4, -0.2) is 21.8 Å². The molecule has 31 heavy (non-hydrogen) atoms. The molecule has 5 nitrogen and oxygen atoms in total. The summed E-state index contributed by atoms with van der Waals surface area (Å²) in [4.78, 5) is 32.7. The normalized spacial score (nSPS) is 17.1. The quantitative estimate of drug-likeness (QED) is 0.573. The molecule has 1 aromatic heterocycles. The highest BCUT2D eigenvalue weighted by molar-refractivity contribution is 7.22. The second-order valence-corrected chi connectivity index (χ2v) is 9.99. The largest absolute Gasteiger partial charge is 0.503 e. The Kier molecular flexibility index (Phi) is 5.21. The molecular formula is C25H26N2O3S. The Labute approximate surface area is 186 Å². The van der Waals surface area contributed by atoms with Crippen molar-refractivity contribution in [1.82, 2.24) is 4.98 Å². The lowest BCUT2D eigenvalue weighted by atomic mass is 9.82. The van der Waals surface area contributed by atoms with Gasteiger partial charge in [-0.1, -0.05) is 74.9 Å². The minimum absolute atomic E-state index is 0.136. The molecule has 0 aliphatic carbocycles. The van der Waals surface area contributed by atoms with E-state index in [9.17, 15) is 14.7 Å². The molecule has 1 amide bonds. The van der Waals surface area contributed by atoms with E-state index in [0.717, 1.165) is 27.8 Å². The number of nitrogens with zero attached hydrogens (tertiary/aromatic N) is 2. The number of anilines is 1. The Bertz CT molecular complexity index is 1230. The smallest absolute Gasteiger partial charge is 0.296 e. The second-order valence-electron chi connectivity index (χ2n) is 8.99. The first-order chi connectivity index (χ1) is 14.6. The van der Waals surface area contributed by atoms with E-state index >= 15 is 0 Å². The predicted octanol–water partition coefficient (Wildman–Crippen LogP) is 5.68. The van der Waals surface area contributed by atoms with E-state index < -0.39 is 23.1 Å². The van der Waals surface area contributed by atoms with E-state index in [0.29, 0.717) is 5.13 Å². The van der Waals surface area contributed by atoms with Crippen molar-refractivity contribution in [3.63, 3.8) is 0 Å². The van der Waals surface area contributed by atoms with Crippen molar-refractivity contribution >= 4 is 38.4 Å². The molecule has 1 N–H and O–H groups in total. The van der Waals surface area contributed by atoms with Crippen molar-refractivity contribution in [3.05, 3.63) is 70.5 Å². The maximum absolute atomic E-state index is 13.3. The summed E-state index contributed by atoms with van der Waals surface area (Å²) >= 11 is 1.40. The molecule has 0 saturated heterocycles. The number of aryl methyl sites for hydroxylation is 2. The van der Waals surface area contributed by atoms with Crippen LogP contribution in [0.3, 0.4) is 0 Å². The highest BCUT2D eigenvalue weighted by Gasteiger charge is 2.47. The summed E-state index contributed by atoms with van der Waals surface area (Å²) in [5.41, 5.74) is 3.16. The first-order valence-corrected chi connectivity index (χ1v) is 11.2. The van der Waals surface area contributed by atoms with Crippen molar-refractivity contribution in [2.24, 2.45) is 5.41 Å². The SMILES string of the molecule is CCc1ccc2nc(N3C(=O)C(O)=C(C(=O)C(C)(C)C)C3c3cccc(C)c3)sc2c1. The number of aliphatic hydroxyl groups is 1. The van der Waals surface area contributed by atoms with Crippen molar-refractivity contribution in [3.8, 4) is 0 Å². The molecule has 1 unspecified atom stereocenters. The van der Waals surface area contributed by atoms with Gasteiger partial charge in [-0.05, 0) is 36.6 Å². The van der Waals surface area contributed by atoms with E-state index in [1.165, 1.54) is 21.8 Å². The fourth-order valence-electron chi connectivity index (χ4n) is 3.87. The van der Waals surface area contributed by atoms with Crippen LogP contribution in [-0.2, 0) is 16.0 Å². The maximum atomic E-state index is 13.3. The minimum atomic E-state index is -0.745. The molecule has 1 aliphatic heterocycles. The van der Waals surface area contributed by atoms with Gasteiger partial charge in [-0.25, -0.2) is 4.98 Å². The van der Waals surface area contributed by atoms with E-state index in [1.54, 1.807) is 20.8 Å². The lowest BCUT2D eigenvalue weighted by molar-refractivity contribution is -0.123. The number of benzene rings is 2. The van der Waals surface area contributed by atoms with E-state index in [2.05, 4.69) is 18.0 Å². The van der Waals surface area contributed by atoms with Crippen LogP contribution < -0.4 is 4.90 Å². The number of carbonyl (C=O) groups is 2. The molecule has 0 spiro atoms. The summed E-state index contributed by atoms with van der Waals surface area (Å²) in [6.45, 7) is 9.43. The molecule has 1 atom stereocenters. The summed E-state index contributed by atoms with van der Waals surface area (Å²) in [6.07, 6.45) is 0.907. The average molecular weight is 435 g/mol. The molecule has 4 rings (SSSR count). The van der Waals surface area contributed by atoms with Gasteiger partial charge in [0, 0.05) is 5.41 Å². The van der Waals surface area contributed by atoms with E-state index in [1.807, 2.05) is 43.3 Å². The number of thiazole rings is 1. The number of rotatable bonds is 4. The summed E-state index contributed by atoms with van der Waals surface area (Å²) in [7, 11) is 0. The Morgan fingerprint density at radius 1 is 1.19 bits per heavy atom. The summed E-state index contributed by atoms with van der Waals surface area (Å²) in [6, 6.07) is 13.0. The summed E-state index contributed by atoms with van der Waals surface area (Å²) in [5, 5.41) is 11.3. The van der Waals surface area contributed by atoms with Gasteiger partial charge >= 0.3 is 0 Å². The monoisotopic (exact) mass is 434 g/mol. The number of ketones is 1. The molecule has 0 saturated carbocycles. The molecule has 0 radical (unpaired) electrons. The van der Waals surface area contributed by atoms with Crippen LogP contribution in [0.5, 0.6) is 0 Å². The first-order valence-electron chi connectivity index (χ1n) is 10.4. The van der Waals surface area contributed by atoms with Gasteiger partial charge in [0.1, 0.15) is 0 Å². The number of fused-ring (bicyclic) bond motifs is 1. The number of aromatic nitrogens is 1. The Morgan fingerprint density at radius 3 is 2.58 bits per heavy atom. The molecule has 2 aromatic carbocycles. The highest BCUT2D eigenvalue weighted by Crippen LogP contribution is 2.45. The maximum Gasteiger partial charge on any atom is 0.296 e. The van der Waals surface area contributed by atoms with Crippen molar-refractivity contribution in [2.75, 3.05) is 4.90 Å².